The molecule has 15 heavy (non-hydrogen) atoms. The molecule has 0 aliphatic rings. The lowest BCUT2D eigenvalue weighted by molar-refractivity contribution is 0.815. The lowest BCUT2D eigenvalue weighted by Gasteiger charge is -2.03. The van der Waals surface area contributed by atoms with E-state index in [1.54, 1.807) is 6.07 Å². The van der Waals surface area contributed by atoms with Crippen LogP contribution in [0.1, 0.15) is 5.56 Å². The molecule has 78 valence electrons. The van der Waals surface area contributed by atoms with Crippen molar-refractivity contribution >= 4 is 34.1 Å². The highest BCUT2D eigenvalue weighted by Gasteiger charge is 2.02. The summed E-state index contributed by atoms with van der Waals surface area (Å²) in [7, 11) is 1.90. The minimum atomic E-state index is 0.540. The Bertz CT molecular complexity index is 497. The molecule has 2 aromatic rings. The molecule has 0 saturated carbocycles. The van der Waals surface area contributed by atoms with Gasteiger partial charge >= 0.3 is 0 Å². The molecular weight excluding hydrogens is 231 g/mol. The molecule has 0 amide bonds. The standard InChI is InChI=1S/C11H10Cl2N2/c1-14-5-7-2-8-3-9(12)10(13)4-11(8)15-6-7/h2-4,6,14H,5H2,1H3. The molecule has 1 heterocycles. The van der Waals surface area contributed by atoms with Crippen LogP contribution in [-0.4, -0.2) is 12.0 Å². The third-order valence-electron chi connectivity index (χ3n) is 2.16. The van der Waals surface area contributed by atoms with Gasteiger partial charge in [0.1, 0.15) is 0 Å². The summed E-state index contributed by atoms with van der Waals surface area (Å²) in [6.07, 6.45) is 1.84. The first kappa shape index (κ1) is 10.7. The van der Waals surface area contributed by atoms with Gasteiger partial charge in [0.2, 0.25) is 0 Å². The Morgan fingerprint density at radius 1 is 1.20 bits per heavy atom. The van der Waals surface area contributed by atoms with Gasteiger partial charge in [-0.3, -0.25) is 4.98 Å². The van der Waals surface area contributed by atoms with Gasteiger partial charge in [-0.2, -0.15) is 0 Å². The summed E-state index contributed by atoms with van der Waals surface area (Å²) in [5.74, 6) is 0. The molecule has 1 aromatic heterocycles. The topological polar surface area (TPSA) is 24.9 Å². The van der Waals surface area contributed by atoms with Crippen LogP contribution in [0.2, 0.25) is 10.0 Å². The van der Waals surface area contributed by atoms with Crippen LogP contribution in [0.4, 0.5) is 0 Å². The molecule has 2 nitrogen and oxygen atoms in total. The van der Waals surface area contributed by atoms with Crippen LogP contribution in [0, 0.1) is 0 Å². The molecule has 0 saturated heterocycles. The van der Waals surface area contributed by atoms with Crippen molar-refractivity contribution in [3.8, 4) is 0 Å². The smallest absolute Gasteiger partial charge is 0.0718 e. The van der Waals surface area contributed by atoms with Gasteiger partial charge in [0.25, 0.3) is 0 Å². The van der Waals surface area contributed by atoms with Gasteiger partial charge in [-0.15, -0.1) is 0 Å². The number of nitrogens with one attached hydrogen (secondary N) is 1. The molecule has 1 aromatic carbocycles. The molecular formula is C11H10Cl2N2. The lowest BCUT2D eigenvalue weighted by atomic mass is 10.1. The van der Waals surface area contributed by atoms with Crippen molar-refractivity contribution in [3.05, 3.63) is 40.0 Å². The highest BCUT2D eigenvalue weighted by atomic mass is 35.5. The first-order chi connectivity index (χ1) is 7.20. The van der Waals surface area contributed by atoms with E-state index in [-0.39, 0.29) is 0 Å². The Balaban J connectivity index is 2.56. The minimum absolute atomic E-state index is 0.540. The summed E-state index contributed by atoms with van der Waals surface area (Å²) >= 11 is 11.8. The zero-order valence-corrected chi connectivity index (χ0v) is 9.73. The van der Waals surface area contributed by atoms with E-state index in [1.165, 1.54) is 0 Å². The van der Waals surface area contributed by atoms with Crippen molar-refractivity contribution in [2.75, 3.05) is 7.05 Å². The fraction of sp³-hybridized carbons (Fsp3) is 0.182. The van der Waals surface area contributed by atoms with Gasteiger partial charge in [0.05, 0.1) is 15.6 Å². The normalized spacial score (nSPS) is 10.9. The largest absolute Gasteiger partial charge is 0.316 e. The van der Waals surface area contributed by atoms with E-state index >= 15 is 0 Å². The van der Waals surface area contributed by atoms with Crippen LogP contribution in [0.25, 0.3) is 10.9 Å². The summed E-state index contributed by atoms with van der Waals surface area (Å²) in [5.41, 5.74) is 1.99. The maximum absolute atomic E-state index is 5.94. The van der Waals surface area contributed by atoms with Crippen LogP contribution in [0.15, 0.2) is 24.4 Å². The van der Waals surface area contributed by atoms with Gasteiger partial charge in [0, 0.05) is 18.1 Å². The van der Waals surface area contributed by atoms with E-state index in [9.17, 15) is 0 Å². The van der Waals surface area contributed by atoms with E-state index < -0.39 is 0 Å². The van der Waals surface area contributed by atoms with Crippen molar-refractivity contribution in [2.45, 2.75) is 6.54 Å². The average molecular weight is 241 g/mol. The van der Waals surface area contributed by atoms with E-state index in [0.29, 0.717) is 10.0 Å². The molecule has 0 unspecified atom stereocenters. The van der Waals surface area contributed by atoms with Gasteiger partial charge in [-0.1, -0.05) is 23.2 Å². The summed E-state index contributed by atoms with van der Waals surface area (Å²) < 4.78 is 0. The molecule has 0 aliphatic carbocycles. The van der Waals surface area contributed by atoms with Crippen LogP contribution < -0.4 is 5.32 Å². The predicted octanol–water partition coefficient (Wildman–Crippen LogP) is 3.26. The fourth-order valence-corrected chi connectivity index (χ4v) is 1.80. The van der Waals surface area contributed by atoms with E-state index in [0.717, 1.165) is 23.0 Å². The van der Waals surface area contributed by atoms with Gasteiger partial charge in [-0.05, 0) is 30.8 Å². The van der Waals surface area contributed by atoms with Crippen molar-refractivity contribution in [1.82, 2.24) is 10.3 Å². The van der Waals surface area contributed by atoms with E-state index in [1.807, 2.05) is 19.3 Å². The summed E-state index contributed by atoms with van der Waals surface area (Å²) in [5, 5.41) is 5.19. The zero-order valence-electron chi connectivity index (χ0n) is 8.22. The van der Waals surface area contributed by atoms with Crippen LogP contribution >= 0.6 is 23.2 Å². The van der Waals surface area contributed by atoms with Crippen molar-refractivity contribution < 1.29 is 0 Å². The number of hydrogen-bond acceptors (Lipinski definition) is 2. The zero-order chi connectivity index (χ0) is 10.8. The highest BCUT2D eigenvalue weighted by Crippen LogP contribution is 2.27. The second-order valence-corrected chi connectivity index (χ2v) is 4.15. The van der Waals surface area contributed by atoms with Crippen molar-refractivity contribution in [2.24, 2.45) is 0 Å². The Labute approximate surface area is 98.2 Å². The Morgan fingerprint density at radius 2 is 1.93 bits per heavy atom. The second kappa shape index (κ2) is 4.35. The molecule has 0 bridgehead atoms. The van der Waals surface area contributed by atoms with Crippen LogP contribution in [0.3, 0.4) is 0 Å². The highest BCUT2D eigenvalue weighted by molar-refractivity contribution is 6.42. The Morgan fingerprint density at radius 3 is 2.67 bits per heavy atom. The lowest BCUT2D eigenvalue weighted by Crippen LogP contribution is -2.05. The number of halogens is 2. The Kier molecular flexibility index (Phi) is 3.10. The number of fused-ring (bicyclic) bond motifs is 1. The number of pyridine rings is 1. The maximum Gasteiger partial charge on any atom is 0.0718 e. The van der Waals surface area contributed by atoms with Crippen LogP contribution in [0.5, 0.6) is 0 Å². The number of rotatable bonds is 2. The molecule has 0 atom stereocenters. The first-order valence-electron chi connectivity index (χ1n) is 4.59. The van der Waals surface area contributed by atoms with Gasteiger partial charge < -0.3 is 5.32 Å². The average Bonchev–Trinajstić information content (AvgIpc) is 2.21. The number of nitrogens with zero attached hydrogens (tertiary/aromatic N) is 1. The molecule has 1 N–H and O–H groups in total. The van der Waals surface area contributed by atoms with E-state index in [2.05, 4.69) is 16.4 Å². The number of aromatic nitrogens is 1. The first-order valence-corrected chi connectivity index (χ1v) is 5.34. The molecule has 0 radical (unpaired) electrons. The SMILES string of the molecule is CNCc1cnc2cc(Cl)c(Cl)cc2c1. The maximum atomic E-state index is 5.94. The van der Waals surface area contributed by atoms with Crippen molar-refractivity contribution in [3.63, 3.8) is 0 Å². The molecule has 0 aliphatic heterocycles. The van der Waals surface area contributed by atoms with Crippen LogP contribution in [-0.2, 0) is 6.54 Å². The quantitative estimate of drug-likeness (QED) is 0.872. The molecule has 0 fully saturated rings. The summed E-state index contributed by atoms with van der Waals surface area (Å²) in [6.45, 7) is 0.795. The predicted molar refractivity (Wildman–Crippen MR) is 64.5 cm³/mol. The minimum Gasteiger partial charge on any atom is -0.316 e. The van der Waals surface area contributed by atoms with Gasteiger partial charge in [0.15, 0.2) is 0 Å². The monoisotopic (exact) mass is 240 g/mol. The second-order valence-electron chi connectivity index (χ2n) is 3.33. The number of hydrogen-bond donors (Lipinski definition) is 1. The fourth-order valence-electron chi connectivity index (χ4n) is 1.47. The third-order valence-corrected chi connectivity index (χ3v) is 2.88. The molecule has 0 spiro atoms. The summed E-state index contributed by atoms with van der Waals surface area (Å²) in [6, 6.07) is 5.68. The van der Waals surface area contributed by atoms with Gasteiger partial charge in [-0.25, -0.2) is 0 Å². The Hall–Kier alpha value is -0.830. The molecule has 2 rings (SSSR count). The van der Waals surface area contributed by atoms with E-state index in [4.69, 9.17) is 23.2 Å². The molecule has 4 heteroatoms. The van der Waals surface area contributed by atoms with Crippen molar-refractivity contribution in [1.29, 1.82) is 0 Å². The number of benzene rings is 1. The summed E-state index contributed by atoms with van der Waals surface area (Å²) in [4.78, 5) is 4.32. The third kappa shape index (κ3) is 2.23.